The number of nitrogens with zero attached hydrogens (tertiary/aromatic N) is 2. The lowest BCUT2D eigenvalue weighted by atomic mass is 10.0. The zero-order valence-corrected chi connectivity index (χ0v) is 14.7. The van der Waals surface area contributed by atoms with Crippen molar-refractivity contribution < 1.29 is 13.2 Å². The first-order valence-electron chi connectivity index (χ1n) is 7.71. The van der Waals surface area contributed by atoms with Crippen LogP contribution in [0.1, 0.15) is 58.7 Å². The zero-order valence-electron chi connectivity index (χ0n) is 13.9. The molecule has 0 radical (unpaired) electrons. The molecule has 1 aromatic heterocycles. The molecule has 1 amide bonds. The van der Waals surface area contributed by atoms with Gasteiger partial charge in [-0.3, -0.25) is 4.79 Å². The van der Waals surface area contributed by atoms with Gasteiger partial charge in [-0.2, -0.15) is 5.10 Å². The first-order chi connectivity index (χ1) is 10.1. The van der Waals surface area contributed by atoms with Crippen LogP contribution in [-0.4, -0.2) is 24.1 Å². The average molecular weight is 327 g/mol. The highest BCUT2D eigenvalue weighted by Gasteiger charge is 2.35. The zero-order chi connectivity index (χ0) is 16.7. The van der Waals surface area contributed by atoms with Gasteiger partial charge >= 0.3 is 0 Å². The molecule has 1 aliphatic heterocycles. The standard InChI is InChI=1S/C15H25N3O3S/c1-6-10(7-2)14(19)16-13-11-8-22(20,21)9-12(11)17-18(13)15(3,4)5/h10H,6-9H2,1-5H3,(H,16,19). The summed E-state index contributed by atoms with van der Waals surface area (Å²) >= 11 is 0. The SMILES string of the molecule is CCC(CC)C(=O)Nc1c2c(nn1C(C)(C)C)CS(=O)(=O)C2. The number of rotatable bonds is 4. The Labute approximate surface area is 132 Å². The highest BCUT2D eigenvalue weighted by atomic mass is 32.2. The van der Waals surface area contributed by atoms with E-state index in [9.17, 15) is 13.2 Å². The van der Waals surface area contributed by atoms with Crippen molar-refractivity contribution in [1.82, 2.24) is 9.78 Å². The Hall–Kier alpha value is -1.37. The molecule has 0 fully saturated rings. The van der Waals surface area contributed by atoms with Gasteiger partial charge in [0.15, 0.2) is 9.84 Å². The van der Waals surface area contributed by atoms with E-state index in [4.69, 9.17) is 0 Å². The monoisotopic (exact) mass is 327 g/mol. The lowest BCUT2D eigenvalue weighted by molar-refractivity contribution is -0.120. The van der Waals surface area contributed by atoms with E-state index in [0.717, 1.165) is 12.8 Å². The van der Waals surface area contributed by atoms with Crippen LogP contribution in [0.2, 0.25) is 0 Å². The van der Waals surface area contributed by atoms with E-state index in [2.05, 4.69) is 10.4 Å². The lowest BCUT2D eigenvalue weighted by Crippen LogP contribution is -2.30. The van der Waals surface area contributed by atoms with Crippen molar-refractivity contribution in [3.8, 4) is 0 Å². The maximum absolute atomic E-state index is 12.4. The number of aromatic nitrogens is 2. The first-order valence-corrected chi connectivity index (χ1v) is 9.53. The molecule has 1 N–H and O–H groups in total. The third-order valence-electron chi connectivity index (χ3n) is 4.02. The van der Waals surface area contributed by atoms with Crippen LogP contribution in [0.15, 0.2) is 0 Å². The van der Waals surface area contributed by atoms with Crippen LogP contribution >= 0.6 is 0 Å². The van der Waals surface area contributed by atoms with Crippen LogP contribution in [0.5, 0.6) is 0 Å². The third kappa shape index (κ3) is 3.19. The molecule has 0 spiro atoms. The van der Waals surface area contributed by atoms with Crippen molar-refractivity contribution in [2.75, 3.05) is 5.32 Å². The molecule has 0 atom stereocenters. The number of nitrogens with one attached hydrogen (secondary N) is 1. The molecule has 6 nitrogen and oxygen atoms in total. The number of anilines is 1. The molecular weight excluding hydrogens is 302 g/mol. The van der Waals surface area contributed by atoms with Crippen LogP contribution < -0.4 is 5.32 Å². The molecular formula is C15H25N3O3S. The topological polar surface area (TPSA) is 81.1 Å². The normalized spacial score (nSPS) is 16.8. The summed E-state index contributed by atoms with van der Waals surface area (Å²) in [4.78, 5) is 12.4. The summed E-state index contributed by atoms with van der Waals surface area (Å²) in [6, 6.07) is 0. The van der Waals surface area contributed by atoms with E-state index < -0.39 is 9.84 Å². The van der Waals surface area contributed by atoms with E-state index in [1.54, 1.807) is 4.68 Å². The van der Waals surface area contributed by atoms with Gasteiger partial charge in [-0.05, 0) is 33.6 Å². The molecule has 1 aliphatic rings. The van der Waals surface area contributed by atoms with Gasteiger partial charge in [0.25, 0.3) is 0 Å². The van der Waals surface area contributed by atoms with Gasteiger partial charge in [-0.1, -0.05) is 13.8 Å². The van der Waals surface area contributed by atoms with Crippen molar-refractivity contribution in [3.63, 3.8) is 0 Å². The van der Waals surface area contributed by atoms with E-state index in [1.165, 1.54) is 0 Å². The Kier molecular flexibility index (Phi) is 4.39. The minimum absolute atomic E-state index is 0.0424. The largest absolute Gasteiger partial charge is 0.310 e. The quantitative estimate of drug-likeness (QED) is 0.921. The van der Waals surface area contributed by atoms with Crippen molar-refractivity contribution in [2.45, 2.75) is 64.5 Å². The van der Waals surface area contributed by atoms with Crippen LogP contribution in [0.25, 0.3) is 0 Å². The van der Waals surface area contributed by atoms with Gasteiger partial charge in [0.2, 0.25) is 5.91 Å². The highest BCUT2D eigenvalue weighted by Crippen LogP contribution is 2.34. The minimum atomic E-state index is -3.14. The fraction of sp³-hybridized carbons (Fsp3) is 0.733. The van der Waals surface area contributed by atoms with E-state index in [1.807, 2.05) is 34.6 Å². The molecule has 1 aromatic rings. The summed E-state index contributed by atoms with van der Waals surface area (Å²) in [6.07, 6.45) is 1.51. The molecule has 124 valence electrons. The molecule has 2 heterocycles. The molecule has 0 saturated heterocycles. The Morgan fingerprint density at radius 1 is 1.27 bits per heavy atom. The van der Waals surface area contributed by atoms with E-state index in [-0.39, 0.29) is 28.9 Å². The van der Waals surface area contributed by atoms with Crippen LogP contribution in [0, 0.1) is 5.92 Å². The molecule has 0 aliphatic carbocycles. The second-order valence-electron chi connectivity index (χ2n) is 6.89. The maximum atomic E-state index is 12.4. The van der Waals surface area contributed by atoms with Gasteiger partial charge in [-0.25, -0.2) is 13.1 Å². The predicted molar refractivity (Wildman–Crippen MR) is 86.3 cm³/mol. The van der Waals surface area contributed by atoms with Gasteiger partial charge in [0.1, 0.15) is 5.82 Å². The molecule has 0 unspecified atom stereocenters. The number of fused-ring (bicyclic) bond motifs is 1. The molecule has 0 bridgehead atoms. The van der Waals surface area contributed by atoms with Crippen molar-refractivity contribution >= 4 is 21.6 Å². The smallest absolute Gasteiger partial charge is 0.228 e. The lowest BCUT2D eigenvalue weighted by Gasteiger charge is -2.24. The summed E-state index contributed by atoms with van der Waals surface area (Å²) in [5.74, 6) is 0.316. The fourth-order valence-electron chi connectivity index (χ4n) is 2.73. The first kappa shape index (κ1) is 17.0. The molecule has 2 rings (SSSR count). The number of carbonyl (C=O) groups is 1. The maximum Gasteiger partial charge on any atom is 0.228 e. The highest BCUT2D eigenvalue weighted by molar-refractivity contribution is 7.90. The van der Waals surface area contributed by atoms with Gasteiger partial charge < -0.3 is 5.32 Å². The molecule has 22 heavy (non-hydrogen) atoms. The average Bonchev–Trinajstić information content (AvgIpc) is 2.84. The van der Waals surface area contributed by atoms with E-state index in [0.29, 0.717) is 17.1 Å². The van der Waals surface area contributed by atoms with Gasteiger partial charge in [-0.15, -0.1) is 0 Å². The fourth-order valence-corrected chi connectivity index (χ4v) is 4.23. The summed E-state index contributed by atoms with van der Waals surface area (Å²) in [5, 5.41) is 7.38. The summed E-state index contributed by atoms with van der Waals surface area (Å²) in [5.41, 5.74) is 0.883. The molecule has 7 heteroatoms. The second-order valence-corrected chi connectivity index (χ2v) is 8.96. The Balaban J connectivity index is 2.43. The number of carbonyl (C=O) groups excluding carboxylic acids is 1. The van der Waals surface area contributed by atoms with E-state index >= 15 is 0 Å². The Morgan fingerprint density at radius 3 is 2.36 bits per heavy atom. The number of hydrogen-bond donors (Lipinski definition) is 1. The van der Waals surface area contributed by atoms with Crippen molar-refractivity contribution in [1.29, 1.82) is 0 Å². The van der Waals surface area contributed by atoms with Crippen LogP contribution in [0.4, 0.5) is 5.82 Å². The molecule has 0 aromatic carbocycles. The number of amides is 1. The van der Waals surface area contributed by atoms with Crippen molar-refractivity contribution in [2.24, 2.45) is 5.92 Å². The number of sulfone groups is 1. The van der Waals surface area contributed by atoms with Crippen molar-refractivity contribution in [3.05, 3.63) is 11.3 Å². The number of hydrogen-bond acceptors (Lipinski definition) is 4. The predicted octanol–water partition coefficient (Wildman–Crippen LogP) is 2.44. The minimum Gasteiger partial charge on any atom is -0.310 e. The second kappa shape index (κ2) is 5.68. The van der Waals surface area contributed by atoms with Crippen LogP contribution in [0.3, 0.4) is 0 Å². The summed E-state index contributed by atoms with van der Waals surface area (Å²) in [6.45, 7) is 9.90. The van der Waals surface area contributed by atoms with Gasteiger partial charge in [0, 0.05) is 11.5 Å². The Bertz CT molecular complexity index is 680. The third-order valence-corrected chi connectivity index (χ3v) is 5.46. The van der Waals surface area contributed by atoms with Gasteiger partial charge in [0.05, 0.1) is 22.7 Å². The summed E-state index contributed by atoms with van der Waals surface area (Å²) < 4.78 is 25.4. The van der Waals surface area contributed by atoms with Crippen LogP contribution in [-0.2, 0) is 31.7 Å². The molecule has 0 saturated carbocycles. The Morgan fingerprint density at radius 2 is 1.86 bits per heavy atom. The summed E-state index contributed by atoms with van der Waals surface area (Å²) in [7, 11) is -3.14.